The molecule has 0 saturated carbocycles. The summed E-state index contributed by atoms with van der Waals surface area (Å²) in [5.74, 6) is -6.54. The molecule has 2 fully saturated rings. The predicted octanol–water partition coefficient (Wildman–Crippen LogP) is -6.14. The number of ether oxygens (including phenoxy) is 2. The van der Waals surface area contributed by atoms with Gasteiger partial charge >= 0.3 is 5.69 Å². The second-order valence-electron chi connectivity index (χ2n) is 8.97. The van der Waals surface area contributed by atoms with Crippen molar-refractivity contribution in [2.45, 2.75) is 68.1 Å². The topological polar surface area (TPSA) is 305 Å². The third-order valence-corrected chi connectivity index (χ3v) is 7.32. The van der Waals surface area contributed by atoms with E-state index < -0.39 is 99.7 Å². The number of carboxylic acid groups (broad SMARTS) is 1. The third kappa shape index (κ3) is 6.22. The molecule has 3 rings (SSSR count). The van der Waals surface area contributed by atoms with E-state index in [2.05, 4.69) is 14.0 Å². The molecule has 0 amide bonds. The molecule has 2 aliphatic heterocycles. The fourth-order valence-electron chi connectivity index (χ4n) is 4.11. The summed E-state index contributed by atoms with van der Waals surface area (Å²) in [4.78, 5) is 40.0. The van der Waals surface area contributed by atoms with Gasteiger partial charge in [-0.15, -0.1) is 0 Å². The van der Waals surface area contributed by atoms with Crippen LogP contribution in [0.2, 0.25) is 0 Å². The molecule has 1 aromatic heterocycles. The highest BCUT2D eigenvalue weighted by atomic mass is 31.2. The van der Waals surface area contributed by atoms with Crippen molar-refractivity contribution in [3.05, 3.63) is 22.7 Å². The molecule has 0 spiro atoms. The van der Waals surface area contributed by atoms with Crippen LogP contribution in [0.4, 0.5) is 5.82 Å². The van der Waals surface area contributed by atoms with E-state index in [9.17, 15) is 49.7 Å². The summed E-state index contributed by atoms with van der Waals surface area (Å²) < 4.78 is 33.2. The van der Waals surface area contributed by atoms with Crippen molar-refractivity contribution in [3.8, 4) is 0 Å². The van der Waals surface area contributed by atoms with Crippen molar-refractivity contribution in [3.63, 3.8) is 0 Å². The third-order valence-electron chi connectivity index (χ3n) is 6.33. The van der Waals surface area contributed by atoms with Gasteiger partial charge in [0, 0.05) is 25.1 Å². The number of carbonyl (C=O) groups is 1. The highest BCUT2D eigenvalue weighted by molar-refractivity contribution is 7.45. The molecule has 19 heteroatoms. The lowest BCUT2D eigenvalue weighted by Crippen LogP contribution is -2.64. The summed E-state index contributed by atoms with van der Waals surface area (Å²) in [5.41, 5.74) is 9.76. The maximum Gasteiger partial charge on any atom is 0.351 e. The van der Waals surface area contributed by atoms with Crippen molar-refractivity contribution < 1.29 is 63.4 Å². The van der Waals surface area contributed by atoms with Gasteiger partial charge in [-0.1, -0.05) is 6.92 Å². The Hall–Kier alpha value is -2.06. The van der Waals surface area contributed by atoms with Crippen molar-refractivity contribution >= 4 is 19.6 Å². The van der Waals surface area contributed by atoms with Crippen molar-refractivity contribution in [2.75, 3.05) is 18.9 Å². The van der Waals surface area contributed by atoms with Crippen LogP contribution < -0.4 is 27.2 Å². The summed E-state index contributed by atoms with van der Waals surface area (Å²) in [7, 11) is -5.67. The van der Waals surface area contributed by atoms with Crippen LogP contribution in [0.5, 0.6) is 0 Å². The molecule has 2 aliphatic rings. The Morgan fingerprint density at radius 1 is 1.37 bits per heavy atom. The smallest absolute Gasteiger partial charge is 0.351 e. The fourth-order valence-corrected chi connectivity index (χ4v) is 5.05. The Labute approximate surface area is 214 Å². The molecule has 0 bridgehead atoms. The summed E-state index contributed by atoms with van der Waals surface area (Å²) >= 11 is 0. The average molecular weight is 568 g/mol. The number of nitrogens with zero attached hydrogens (tertiary/aromatic N) is 2. The average Bonchev–Trinajstić information content (AvgIpc) is 3.12. The number of aliphatic hydroxyl groups excluding tert-OH is 5. The Morgan fingerprint density at radius 2 is 2.03 bits per heavy atom. The summed E-state index contributed by atoms with van der Waals surface area (Å²) in [5, 5.41) is 62.9. The van der Waals surface area contributed by atoms with Gasteiger partial charge in [0.05, 0.1) is 24.9 Å². The Morgan fingerprint density at radius 3 is 2.61 bits per heavy atom. The van der Waals surface area contributed by atoms with E-state index in [0.29, 0.717) is 0 Å². The molecule has 3 heterocycles. The highest BCUT2D eigenvalue weighted by Gasteiger charge is 2.52. The SMILES string of the molecule is CC1C(O)CC(OP(=O)([O-])OCC2OC(n3ccc(N)nc3=O)C(O)C2O)(C(=O)[O-])OC1[C@H](O)[C@H](O)CN. The van der Waals surface area contributed by atoms with Crippen molar-refractivity contribution in [1.82, 2.24) is 9.55 Å². The van der Waals surface area contributed by atoms with Crippen molar-refractivity contribution in [2.24, 2.45) is 11.7 Å². The molecule has 0 radical (unpaired) electrons. The van der Waals surface area contributed by atoms with Crippen LogP contribution >= 0.6 is 7.82 Å². The van der Waals surface area contributed by atoms with E-state index in [1.165, 1.54) is 13.0 Å². The van der Waals surface area contributed by atoms with Gasteiger partial charge in [0.15, 0.2) is 6.23 Å². The molecule has 0 aromatic carbocycles. The quantitative estimate of drug-likeness (QED) is 0.129. The number of nitrogen functional groups attached to an aromatic ring is 1. The molecule has 2 saturated heterocycles. The van der Waals surface area contributed by atoms with Gasteiger partial charge in [-0.05, 0) is 6.07 Å². The monoisotopic (exact) mass is 568 g/mol. The number of hydrogen-bond donors (Lipinski definition) is 7. The second kappa shape index (κ2) is 11.6. The van der Waals surface area contributed by atoms with Crippen LogP contribution in [0.3, 0.4) is 0 Å². The lowest BCUT2D eigenvalue weighted by Gasteiger charge is -2.49. The van der Waals surface area contributed by atoms with E-state index in [0.717, 1.165) is 10.8 Å². The molecule has 38 heavy (non-hydrogen) atoms. The van der Waals surface area contributed by atoms with Gasteiger partial charge in [0.25, 0.3) is 7.82 Å². The minimum atomic E-state index is -5.67. The van der Waals surface area contributed by atoms with Crippen LogP contribution in [-0.2, 0) is 27.9 Å². The number of carbonyl (C=O) groups excluding carboxylic acids is 1. The number of aliphatic carboxylic acids is 1. The Kier molecular flexibility index (Phi) is 9.29. The zero-order valence-electron chi connectivity index (χ0n) is 19.9. The molecular weight excluding hydrogens is 539 g/mol. The molecule has 9 unspecified atom stereocenters. The van der Waals surface area contributed by atoms with Gasteiger partial charge in [-0.25, -0.2) is 4.79 Å². The maximum absolute atomic E-state index is 12.6. The first-order valence-corrected chi connectivity index (χ1v) is 12.7. The molecule has 18 nitrogen and oxygen atoms in total. The number of anilines is 1. The maximum atomic E-state index is 12.6. The van der Waals surface area contributed by atoms with Gasteiger partial charge < -0.3 is 65.8 Å². The summed E-state index contributed by atoms with van der Waals surface area (Å²) in [6.45, 7) is -0.148. The lowest BCUT2D eigenvalue weighted by atomic mass is 9.84. The standard InChI is InChI=1S/C19H31N4O14P/c1-7-8(24)4-19(17(29)30,36-15(7)12(26)9(25)5-20)37-38(32,33)34-6-10-13(27)14(28)16(35-10)23-3-2-11(21)22-18(23)31/h2-3,7-10,12-16,24-28H,4-6,20H2,1H3,(H,29,30)(H,32,33)(H2,21,22,31)/p-2/t7?,8?,9-,10?,12-,13?,14?,15?,16?,19?/m1/s1. The van der Waals surface area contributed by atoms with Crippen LogP contribution in [0.25, 0.3) is 0 Å². The van der Waals surface area contributed by atoms with E-state index in [-0.39, 0.29) is 5.82 Å². The van der Waals surface area contributed by atoms with Crippen LogP contribution in [0, 0.1) is 5.92 Å². The number of phosphoric acid groups is 1. The predicted molar refractivity (Wildman–Crippen MR) is 117 cm³/mol. The number of rotatable bonds is 10. The number of phosphoric ester groups is 1. The molecule has 216 valence electrons. The van der Waals surface area contributed by atoms with E-state index in [4.69, 9.17) is 20.9 Å². The zero-order valence-corrected chi connectivity index (χ0v) is 20.8. The van der Waals surface area contributed by atoms with E-state index in [1.54, 1.807) is 0 Å². The summed E-state index contributed by atoms with van der Waals surface area (Å²) in [6.07, 6.45) is -13.1. The minimum absolute atomic E-state index is 0.123. The second-order valence-corrected chi connectivity index (χ2v) is 10.3. The molecule has 0 aliphatic carbocycles. The summed E-state index contributed by atoms with van der Waals surface area (Å²) in [6, 6.07) is 1.21. The number of nitrogens with two attached hydrogens (primary N) is 2. The fraction of sp³-hybridized carbons (Fsp3) is 0.737. The lowest BCUT2D eigenvalue weighted by molar-refractivity contribution is -0.380. The highest BCUT2D eigenvalue weighted by Crippen LogP contribution is 2.48. The van der Waals surface area contributed by atoms with Crippen molar-refractivity contribution in [1.29, 1.82) is 0 Å². The molecule has 1 aromatic rings. The Balaban J connectivity index is 1.74. The van der Waals surface area contributed by atoms with E-state index >= 15 is 0 Å². The first-order chi connectivity index (χ1) is 17.6. The van der Waals surface area contributed by atoms with Gasteiger partial charge in [0.1, 0.15) is 36.2 Å². The van der Waals surface area contributed by atoms with Gasteiger partial charge in [-0.2, -0.15) is 4.98 Å². The van der Waals surface area contributed by atoms with Crippen LogP contribution in [0.15, 0.2) is 17.1 Å². The first-order valence-electron chi connectivity index (χ1n) is 11.3. The number of aromatic nitrogens is 2. The van der Waals surface area contributed by atoms with Gasteiger partial charge in [0.2, 0.25) is 5.79 Å². The zero-order chi connectivity index (χ0) is 28.6. The Bertz CT molecular complexity index is 1110. The minimum Gasteiger partial charge on any atom is -0.756 e. The van der Waals surface area contributed by atoms with Gasteiger partial charge in [-0.3, -0.25) is 13.7 Å². The first kappa shape index (κ1) is 30.5. The number of carboxylic acids is 1. The number of aliphatic hydroxyl groups is 5. The van der Waals surface area contributed by atoms with Crippen LogP contribution in [0.1, 0.15) is 19.6 Å². The normalized spacial score (nSPS) is 36.9. The van der Waals surface area contributed by atoms with E-state index in [1.807, 2.05) is 0 Å². The largest absolute Gasteiger partial charge is 0.756 e. The molecule has 11 atom stereocenters. The molecule has 9 N–H and O–H groups in total. The number of hydrogen-bond acceptors (Lipinski definition) is 17. The van der Waals surface area contributed by atoms with Crippen LogP contribution in [-0.4, -0.2) is 103 Å². The molecular formula is C19H29N4O14P-2.